The van der Waals surface area contributed by atoms with Crippen molar-refractivity contribution in [3.05, 3.63) is 101 Å². The van der Waals surface area contributed by atoms with Crippen LogP contribution in [0.3, 0.4) is 0 Å². The van der Waals surface area contributed by atoms with Gasteiger partial charge in [-0.2, -0.15) is 0 Å². The van der Waals surface area contributed by atoms with Gasteiger partial charge < -0.3 is 24.2 Å². The highest BCUT2D eigenvalue weighted by Crippen LogP contribution is 2.59. The fourth-order valence-corrected chi connectivity index (χ4v) is 11.2. The highest BCUT2D eigenvalue weighted by Gasteiger charge is 2.65. The third-order valence-electron chi connectivity index (χ3n) is 10.8. The summed E-state index contributed by atoms with van der Waals surface area (Å²) in [6.07, 6.45) is -0.435. The number of aliphatic hydroxyl groups is 1. The molecule has 5 atom stereocenters. The molecule has 3 amide bonds. The number of hydrogen-bond acceptors (Lipinski definition) is 5. The van der Waals surface area contributed by atoms with Gasteiger partial charge in [-0.05, 0) is 66.4 Å². The van der Waals surface area contributed by atoms with Gasteiger partial charge in [0.05, 0.1) is 36.4 Å². The van der Waals surface area contributed by atoms with Crippen LogP contribution in [-0.4, -0.2) is 54.9 Å². The Kier molecular flexibility index (Phi) is 6.74. The summed E-state index contributed by atoms with van der Waals surface area (Å²) in [4.78, 5) is 45.1. The van der Waals surface area contributed by atoms with Crippen LogP contribution in [0, 0.1) is 5.92 Å². The van der Waals surface area contributed by atoms with E-state index in [2.05, 4.69) is 5.32 Å². The summed E-state index contributed by atoms with van der Waals surface area (Å²) < 4.78 is 23.1. The van der Waals surface area contributed by atoms with Gasteiger partial charge in [-0.25, -0.2) is 0 Å². The summed E-state index contributed by atoms with van der Waals surface area (Å²) in [6.45, 7) is 5.21. The van der Waals surface area contributed by atoms with E-state index in [0.29, 0.717) is 35.5 Å². The molecule has 0 aromatic heterocycles. The lowest BCUT2D eigenvalue weighted by Crippen LogP contribution is -2.48. The molecule has 8 nitrogen and oxygen atoms in total. The smallest absolute Gasteiger partial charge is 0.263 e. The summed E-state index contributed by atoms with van der Waals surface area (Å²) in [7, 11) is -3.51. The number of nitrogens with zero attached hydrogens (tertiary/aromatic N) is 2. The standard InChI is InChI=1S/C37H36FN3O5Si/c1-21-34(47(2,3)38)31(18-32(43)40-19-24-9-5-4-8-23(24)16-26(40)20-42)46-37(21)28-17-25(14-15-29(28)39-36(37)45)41-30-13-7-11-22-10-6-12-27(33(22)30)35(41)44/h4-15,17,21,26,31,34,42H,16,18-20H2,1-3H3,(H,39,45)/t21-,26+,31+,34-,37+/m1/s1. The van der Waals surface area contributed by atoms with Crippen LogP contribution in [0.5, 0.6) is 0 Å². The zero-order valence-corrected chi connectivity index (χ0v) is 27.5. The van der Waals surface area contributed by atoms with Gasteiger partial charge in [0.1, 0.15) is 0 Å². The maximum absolute atomic E-state index is 16.3. The number of anilines is 3. The number of fused-ring (bicyclic) bond motifs is 3. The molecule has 0 saturated carbocycles. The van der Waals surface area contributed by atoms with E-state index in [0.717, 1.165) is 27.6 Å². The van der Waals surface area contributed by atoms with Crippen LogP contribution in [0.2, 0.25) is 18.6 Å². The van der Waals surface area contributed by atoms with Crippen molar-refractivity contribution in [1.29, 1.82) is 0 Å². The maximum Gasteiger partial charge on any atom is 0.263 e. The number of ether oxygens (including phenoxy) is 1. The van der Waals surface area contributed by atoms with Crippen LogP contribution in [0.4, 0.5) is 21.2 Å². The Morgan fingerprint density at radius 3 is 2.53 bits per heavy atom. The third kappa shape index (κ3) is 4.34. The van der Waals surface area contributed by atoms with Gasteiger partial charge in [0.15, 0.2) is 5.60 Å². The van der Waals surface area contributed by atoms with Gasteiger partial charge in [-0.3, -0.25) is 19.3 Å². The number of amides is 3. The predicted molar refractivity (Wildman–Crippen MR) is 180 cm³/mol. The van der Waals surface area contributed by atoms with Crippen molar-refractivity contribution in [1.82, 2.24) is 4.90 Å². The van der Waals surface area contributed by atoms with Gasteiger partial charge in [0.2, 0.25) is 14.3 Å². The van der Waals surface area contributed by atoms with Crippen LogP contribution in [0.15, 0.2) is 78.9 Å². The number of carbonyl (C=O) groups excluding carboxylic acids is 3. The van der Waals surface area contributed by atoms with Crippen LogP contribution < -0.4 is 10.2 Å². The molecule has 8 rings (SSSR count). The van der Waals surface area contributed by atoms with Crippen molar-refractivity contribution < 1.29 is 28.3 Å². The number of aliphatic hydroxyl groups excluding tert-OH is 1. The third-order valence-corrected chi connectivity index (χ3v) is 13.2. The van der Waals surface area contributed by atoms with Crippen LogP contribution in [0.1, 0.15) is 40.4 Å². The van der Waals surface area contributed by atoms with Crippen molar-refractivity contribution in [2.45, 2.75) is 62.7 Å². The molecule has 2 N–H and O–H groups in total. The lowest BCUT2D eigenvalue weighted by molar-refractivity contribution is -0.149. The van der Waals surface area contributed by atoms with E-state index in [1.165, 1.54) is 0 Å². The van der Waals surface area contributed by atoms with Gasteiger partial charge >= 0.3 is 0 Å². The molecule has 4 aliphatic rings. The number of rotatable bonds is 5. The van der Waals surface area contributed by atoms with Crippen molar-refractivity contribution in [2.24, 2.45) is 5.92 Å². The molecule has 4 aromatic rings. The average molecular weight is 650 g/mol. The van der Waals surface area contributed by atoms with Crippen molar-refractivity contribution >= 4 is 54.0 Å². The minimum atomic E-state index is -3.51. The first kappa shape index (κ1) is 30.0. The average Bonchev–Trinajstić information content (AvgIpc) is 3.63. The van der Waals surface area contributed by atoms with E-state index in [1.54, 1.807) is 35.0 Å². The predicted octanol–water partition coefficient (Wildman–Crippen LogP) is 6.19. The summed E-state index contributed by atoms with van der Waals surface area (Å²) in [5.74, 6) is -1.39. The van der Waals surface area contributed by atoms with E-state index in [9.17, 15) is 19.5 Å². The van der Waals surface area contributed by atoms with Gasteiger partial charge in [-0.1, -0.05) is 55.5 Å². The molecule has 4 aromatic carbocycles. The fourth-order valence-electron chi connectivity index (χ4n) is 8.70. The molecule has 0 radical (unpaired) electrons. The second-order valence-electron chi connectivity index (χ2n) is 13.8. The number of benzene rings is 4. The van der Waals surface area contributed by atoms with Gasteiger partial charge in [0.25, 0.3) is 11.8 Å². The molecular weight excluding hydrogens is 614 g/mol. The van der Waals surface area contributed by atoms with Crippen molar-refractivity contribution in [3.63, 3.8) is 0 Å². The summed E-state index contributed by atoms with van der Waals surface area (Å²) in [5, 5.41) is 15.0. The minimum Gasteiger partial charge on any atom is -0.394 e. The van der Waals surface area contributed by atoms with E-state index in [-0.39, 0.29) is 24.8 Å². The molecule has 47 heavy (non-hydrogen) atoms. The van der Waals surface area contributed by atoms with Crippen LogP contribution in [-0.2, 0) is 32.9 Å². The molecule has 1 spiro atoms. The van der Waals surface area contributed by atoms with Gasteiger partial charge in [0, 0.05) is 40.3 Å². The molecule has 4 heterocycles. The molecule has 1 fully saturated rings. The van der Waals surface area contributed by atoms with Crippen LogP contribution in [0.25, 0.3) is 10.8 Å². The molecular formula is C37H36FN3O5Si. The zero-order valence-electron chi connectivity index (χ0n) is 26.5. The molecule has 4 aliphatic heterocycles. The quantitative estimate of drug-likeness (QED) is 0.198. The molecule has 0 unspecified atom stereocenters. The summed E-state index contributed by atoms with van der Waals surface area (Å²) in [6, 6.07) is 24.3. The summed E-state index contributed by atoms with van der Waals surface area (Å²) in [5.41, 5.74) is 2.95. The minimum absolute atomic E-state index is 0.111. The fraction of sp³-hybridized carbons (Fsp3) is 0.324. The first-order valence-corrected chi connectivity index (χ1v) is 19.1. The normalized spacial score (nSPS) is 26.2. The maximum atomic E-state index is 16.3. The first-order chi connectivity index (χ1) is 22.5. The Morgan fingerprint density at radius 2 is 1.79 bits per heavy atom. The number of hydrogen-bond donors (Lipinski definition) is 2. The SMILES string of the molecule is C[C@@H]1[C@@H]([Si](C)(C)F)[C@H](CC(=O)N2Cc3ccccc3C[C@H]2CO)O[C@@]12C(=O)Nc1ccc(N3C(=O)c4cccc5cccc3c45)cc12. The van der Waals surface area contributed by atoms with Gasteiger partial charge in [-0.15, -0.1) is 0 Å². The molecule has 0 bridgehead atoms. The number of carbonyl (C=O) groups is 3. The van der Waals surface area contributed by atoms with Crippen LogP contribution >= 0.6 is 0 Å². The Morgan fingerprint density at radius 1 is 1.04 bits per heavy atom. The van der Waals surface area contributed by atoms with E-state index < -0.39 is 43.5 Å². The molecule has 1 saturated heterocycles. The molecule has 240 valence electrons. The van der Waals surface area contributed by atoms with E-state index in [4.69, 9.17) is 4.74 Å². The number of halogens is 1. The molecule has 0 aliphatic carbocycles. The largest absolute Gasteiger partial charge is 0.394 e. The second-order valence-corrected chi connectivity index (χ2v) is 17.6. The van der Waals surface area contributed by atoms with E-state index in [1.807, 2.05) is 73.7 Å². The van der Waals surface area contributed by atoms with Crippen molar-refractivity contribution in [2.75, 3.05) is 16.8 Å². The monoisotopic (exact) mass is 649 g/mol. The highest BCUT2D eigenvalue weighted by molar-refractivity contribution is 6.72. The Bertz CT molecular complexity index is 1990. The lowest BCUT2D eigenvalue weighted by atomic mass is 9.82. The number of nitrogens with one attached hydrogen (secondary N) is 1. The topological polar surface area (TPSA) is 99.2 Å². The Balaban J connectivity index is 1.16. The first-order valence-electron chi connectivity index (χ1n) is 16.2. The summed E-state index contributed by atoms with van der Waals surface area (Å²) >= 11 is 0. The van der Waals surface area contributed by atoms with E-state index >= 15 is 4.11 Å². The molecule has 10 heteroatoms. The Hall–Kier alpha value is -4.38. The highest BCUT2D eigenvalue weighted by atomic mass is 28.4. The zero-order chi connectivity index (χ0) is 32.8. The Labute approximate surface area is 273 Å². The van der Waals surface area contributed by atoms with Crippen molar-refractivity contribution in [3.8, 4) is 0 Å². The second kappa shape index (κ2) is 10.6. The lowest BCUT2D eigenvalue weighted by Gasteiger charge is -2.37.